The number of anilines is 1. The summed E-state index contributed by atoms with van der Waals surface area (Å²) in [4.78, 5) is 17.2. The van der Waals surface area contributed by atoms with E-state index < -0.39 is 0 Å². The van der Waals surface area contributed by atoms with Crippen molar-refractivity contribution >= 4 is 35.0 Å². The fraction of sp³-hybridized carbons (Fsp3) is 0.375. The van der Waals surface area contributed by atoms with Crippen molar-refractivity contribution in [3.05, 3.63) is 65.4 Å². The molecule has 33 heavy (non-hydrogen) atoms. The molecule has 0 saturated carbocycles. The maximum absolute atomic E-state index is 13.3. The average Bonchev–Trinajstić information content (AvgIpc) is 3.49. The smallest absolute Gasteiger partial charge is 0.233 e. The van der Waals surface area contributed by atoms with Gasteiger partial charge in [-0.1, -0.05) is 41.6 Å². The number of aromatic nitrogens is 3. The van der Waals surface area contributed by atoms with Gasteiger partial charge in [0, 0.05) is 44.5 Å². The van der Waals surface area contributed by atoms with Crippen molar-refractivity contribution < 1.29 is 9.53 Å². The summed E-state index contributed by atoms with van der Waals surface area (Å²) in [6, 6.07) is 15.8. The average molecular weight is 486 g/mol. The van der Waals surface area contributed by atoms with Crippen molar-refractivity contribution in [1.29, 1.82) is 0 Å². The monoisotopic (exact) mass is 485 g/mol. The van der Waals surface area contributed by atoms with E-state index in [0.29, 0.717) is 23.3 Å². The topological polar surface area (TPSA) is 63.5 Å². The summed E-state index contributed by atoms with van der Waals surface area (Å²) in [5, 5.41) is 9.51. The normalized spacial score (nSPS) is 15.5. The largest absolute Gasteiger partial charge is 0.378 e. The first kappa shape index (κ1) is 23.6. The lowest BCUT2D eigenvalue weighted by Crippen LogP contribution is -2.38. The first-order chi connectivity index (χ1) is 16.0. The van der Waals surface area contributed by atoms with E-state index in [9.17, 15) is 4.79 Å². The second-order valence-electron chi connectivity index (χ2n) is 8.22. The molecule has 1 aliphatic rings. The highest BCUT2D eigenvalue weighted by atomic mass is 35.5. The molecule has 9 heteroatoms. The number of hydrogen-bond acceptors (Lipinski definition) is 6. The number of carbonyl (C=O) groups excluding carboxylic acids is 1. The number of carbonyl (C=O) groups is 1. The SMILES string of the molecule is CN(C)c1ccc(CN(C[C@@H]2CCCO2)C(=O)CSc2nncn2-c2cccc(Cl)c2)cc1. The zero-order valence-corrected chi connectivity index (χ0v) is 20.4. The Bertz CT molecular complexity index is 1070. The predicted molar refractivity (Wildman–Crippen MR) is 132 cm³/mol. The quantitative estimate of drug-likeness (QED) is 0.421. The van der Waals surface area contributed by atoms with Crippen molar-refractivity contribution in [1.82, 2.24) is 19.7 Å². The summed E-state index contributed by atoms with van der Waals surface area (Å²) < 4.78 is 7.66. The fourth-order valence-electron chi connectivity index (χ4n) is 3.75. The van der Waals surface area contributed by atoms with Crippen LogP contribution in [0.2, 0.25) is 5.02 Å². The maximum Gasteiger partial charge on any atom is 0.233 e. The van der Waals surface area contributed by atoms with Gasteiger partial charge in [0.2, 0.25) is 5.91 Å². The van der Waals surface area contributed by atoms with Crippen molar-refractivity contribution in [3.63, 3.8) is 0 Å². The third-order valence-electron chi connectivity index (χ3n) is 5.55. The lowest BCUT2D eigenvalue weighted by atomic mass is 10.1. The third-order valence-corrected chi connectivity index (χ3v) is 6.72. The van der Waals surface area contributed by atoms with Crippen LogP contribution < -0.4 is 4.90 Å². The molecule has 1 saturated heterocycles. The number of rotatable bonds is 9. The molecule has 2 aromatic carbocycles. The Morgan fingerprint density at radius 1 is 1.24 bits per heavy atom. The number of ether oxygens (including phenoxy) is 1. The number of nitrogens with zero attached hydrogens (tertiary/aromatic N) is 5. The van der Waals surface area contributed by atoms with Crippen molar-refractivity contribution in [2.75, 3.05) is 37.9 Å². The van der Waals surface area contributed by atoms with Crippen LogP contribution in [0.3, 0.4) is 0 Å². The van der Waals surface area contributed by atoms with Gasteiger partial charge in [-0.15, -0.1) is 10.2 Å². The highest BCUT2D eigenvalue weighted by Gasteiger charge is 2.23. The summed E-state index contributed by atoms with van der Waals surface area (Å²) in [7, 11) is 4.03. The molecule has 2 heterocycles. The van der Waals surface area contributed by atoms with Gasteiger partial charge in [0.1, 0.15) is 6.33 Å². The molecule has 1 aromatic heterocycles. The van der Waals surface area contributed by atoms with E-state index in [2.05, 4.69) is 39.4 Å². The molecule has 1 amide bonds. The highest BCUT2D eigenvalue weighted by molar-refractivity contribution is 7.99. The first-order valence-electron chi connectivity index (χ1n) is 10.9. The van der Waals surface area contributed by atoms with Crippen LogP contribution in [0, 0.1) is 0 Å². The Labute approximate surface area is 203 Å². The van der Waals surface area contributed by atoms with Crippen molar-refractivity contribution in [3.8, 4) is 5.69 Å². The van der Waals surface area contributed by atoms with Gasteiger partial charge in [-0.05, 0) is 48.7 Å². The van der Waals surface area contributed by atoms with E-state index in [0.717, 1.165) is 36.4 Å². The molecule has 1 aliphatic heterocycles. The van der Waals surface area contributed by atoms with Crippen LogP contribution in [0.25, 0.3) is 5.69 Å². The van der Waals surface area contributed by atoms with E-state index in [1.165, 1.54) is 11.8 Å². The van der Waals surface area contributed by atoms with Gasteiger partial charge >= 0.3 is 0 Å². The first-order valence-corrected chi connectivity index (χ1v) is 12.3. The molecule has 174 valence electrons. The number of amides is 1. The molecule has 0 aliphatic carbocycles. The number of benzene rings is 2. The van der Waals surface area contributed by atoms with Gasteiger partial charge in [-0.25, -0.2) is 0 Å². The molecular formula is C24H28ClN5O2S. The molecule has 0 N–H and O–H groups in total. The van der Waals surface area contributed by atoms with Crippen LogP contribution >= 0.6 is 23.4 Å². The van der Waals surface area contributed by atoms with Crippen LogP contribution in [0.1, 0.15) is 18.4 Å². The minimum Gasteiger partial charge on any atom is -0.378 e. The zero-order valence-electron chi connectivity index (χ0n) is 18.9. The molecule has 0 bridgehead atoms. The Morgan fingerprint density at radius 3 is 2.76 bits per heavy atom. The fourth-order valence-corrected chi connectivity index (χ4v) is 4.77. The molecule has 1 atom stereocenters. The second-order valence-corrected chi connectivity index (χ2v) is 9.60. The second kappa shape index (κ2) is 11.0. The van der Waals surface area contributed by atoms with Gasteiger partial charge in [0.25, 0.3) is 0 Å². The summed E-state index contributed by atoms with van der Waals surface area (Å²) in [5.74, 6) is 0.315. The van der Waals surface area contributed by atoms with Gasteiger partial charge in [-0.2, -0.15) is 0 Å². The standard InChI is InChI=1S/C24H28ClN5O2S/c1-28(2)20-10-8-18(9-11-20)14-29(15-22-7-4-12-32-22)23(31)16-33-24-27-26-17-30(24)21-6-3-5-19(25)13-21/h3,5-6,8-11,13,17,22H,4,7,12,14-16H2,1-2H3/t22-/m0/s1. The van der Waals surface area contributed by atoms with Crippen LogP contribution in [-0.4, -0.2) is 64.7 Å². The van der Waals surface area contributed by atoms with Crippen LogP contribution in [0.4, 0.5) is 5.69 Å². The van der Waals surface area contributed by atoms with Crippen molar-refractivity contribution in [2.45, 2.75) is 30.6 Å². The number of halogens is 1. The predicted octanol–water partition coefficient (Wildman–Crippen LogP) is 4.29. The maximum atomic E-state index is 13.3. The summed E-state index contributed by atoms with van der Waals surface area (Å²) in [5.41, 5.74) is 3.09. The minimum absolute atomic E-state index is 0.0489. The summed E-state index contributed by atoms with van der Waals surface area (Å²) in [6.45, 7) is 1.91. The molecule has 4 rings (SSSR count). The Morgan fingerprint density at radius 2 is 2.06 bits per heavy atom. The van der Waals surface area contributed by atoms with Gasteiger partial charge in [-0.3, -0.25) is 9.36 Å². The Kier molecular flexibility index (Phi) is 7.90. The molecule has 1 fully saturated rings. The van der Waals surface area contributed by atoms with Crippen molar-refractivity contribution in [2.24, 2.45) is 0 Å². The lowest BCUT2D eigenvalue weighted by Gasteiger charge is -2.26. The van der Waals surface area contributed by atoms with E-state index in [1.807, 2.05) is 47.8 Å². The van der Waals surface area contributed by atoms with E-state index in [-0.39, 0.29) is 17.8 Å². The van der Waals surface area contributed by atoms with Crippen LogP contribution in [0.15, 0.2) is 60.0 Å². The van der Waals surface area contributed by atoms with Crippen LogP contribution in [-0.2, 0) is 16.1 Å². The van der Waals surface area contributed by atoms with E-state index >= 15 is 0 Å². The minimum atomic E-state index is 0.0489. The zero-order chi connectivity index (χ0) is 23.2. The molecular weight excluding hydrogens is 458 g/mol. The molecule has 0 unspecified atom stereocenters. The molecule has 7 nitrogen and oxygen atoms in total. The molecule has 3 aromatic rings. The van der Waals surface area contributed by atoms with E-state index in [1.54, 1.807) is 6.33 Å². The highest BCUT2D eigenvalue weighted by Crippen LogP contribution is 2.23. The van der Waals surface area contributed by atoms with Gasteiger partial charge in [0.15, 0.2) is 5.16 Å². The molecule has 0 spiro atoms. The Hall–Kier alpha value is -2.55. The Balaban J connectivity index is 1.45. The summed E-state index contributed by atoms with van der Waals surface area (Å²) >= 11 is 7.51. The van der Waals surface area contributed by atoms with Gasteiger partial charge in [0.05, 0.1) is 17.5 Å². The number of hydrogen-bond donors (Lipinski definition) is 0. The van der Waals surface area contributed by atoms with Crippen LogP contribution in [0.5, 0.6) is 0 Å². The third kappa shape index (κ3) is 6.28. The summed E-state index contributed by atoms with van der Waals surface area (Å²) in [6.07, 6.45) is 3.76. The van der Waals surface area contributed by atoms with Gasteiger partial charge < -0.3 is 14.5 Å². The lowest BCUT2D eigenvalue weighted by molar-refractivity contribution is -0.130. The number of thioether (sulfide) groups is 1. The molecule has 0 radical (unpaired) electrons. The van der Waals surface area contributed by atoms with E-state index in [4.69, 9.17) is 16.3 Å².